The van der Waals surface area contributed by atoms with Crippen molar-refractivity contribution in [3.05, 3.63) is 24.2 Å². The predicted octanol–water partition coefficient (Wildman–Crippen LogP) is 3.41. The van der Waals surface area contributed by atoms with Crippen LogP contribution < -0.4 is 10.6 Å². The summed E-state index contributed by atoms with van der Waals surface area (Å²) in [5.41, 5.74) is 0. The van der Waals surface area contributed by atoms with Gasteiger partial charge in [-0.3, -0.25) is 9.89 Å². The Morgan fingerprint density at radius 2 is 2.15 bits per heavy atom. The van der Waals surface area contributed by atoms with Gasteiger partial charge in [0.15, 0.2) is 5.96 Å². The summed E-state index contributed by atoms with van der Waals surface area (Å²) < 4.78 is 11.4. The monoisotopic (exact) mass is 490 g/mol. The van der Waals surface area contributed by atoms with Crippen molar-refractivity contribution in [2.45, 2.75) is 45.1 Å². The normalized spacial score (nSPS) is 18.9. The summed E-state index contributed by atoms with van der Waals surface area (Å²) in [6.07, 6.45) is 7.99. The molecule has 2 aliphatic rings. The smallest absolute Gasteiger partial charge is 0.191 e. The highest BCUT2D eigenvalue weighted by Gasteiger charge is 2.25. The highest BCUT2D eigenvalue weighted by molar-refractivity contribution is 14.0. The molecule has 0 bridgehead atoms. The lowest BCUT2D eigenvalue weighted by Crippen LogP contribution is -2.39. The number of nitrogens with zero attached hydrogens (tertiary/aromatic N) is 2. The third-order valence-electron chi connectivity index (χ3n) is 5.03. The van der Waals surface area contributed by atoms with Gasteiger partial charge < -0.3 is 19.8 Å². The molecule has 0 amide bonds. The van der Waals surface area contributed by atoms with Gasteiger partial charge in [0.1, 0.15) is 5.76 Å². The molecule has 1 aromatic heterocycles. The third kappa shape index (κ3) is 7.99. The van der Waals surface area contributed by atoms with Crippen LogP contribution in [0.5, 0.6) is 0 Å². The van der Waals surface area contributed by atoms with Crippen molar-refractivity contribution in [3.8, 4) is 0 Å². The largest absolute Gasteiger partial charge is 0.468 e. The van der Waals surface area contributed by atoms with Crippen LogP contribution in [0.3, 0.4) is 0 Å². The third-order valence-corrected chi connectivity index (χ3v) is 5.03. The summed E-state index contributed by atoms with van der Waals surface area (Å²) in [5.74, 6) is 2.73. The van der Waals surface area contributed by atoms with E-state index in [0.717, 1.165) is 63.5 Å². The molecule has 1 saturated carbocycles. The predicted molar refractivity (Wildman–Crippen MR) is 120 cm³/mol. The minimum Gasteiger partial charge on any atom is -0.468 e. The second-order valence-corrected chi connectivity index (χ2v) is 7.29. The van der Waals surface area contributed by atoms with Crippen molar-refractivity contribution in [2.75, 3.05) is 45.9 Å². The Morgan fingerprint density at radius 3 is 2.81 bits per heavy atom. The number of aliphatic imine (C=N–C) groups is 1. The van der Waals surface area contributed by atoms with Crippen molar-refractivity contribution in [3.63, 3.8) is 0 Å². The van der Waals surface area contributed by atoms with E-state index in [1.165, 1.54) is 25.7 Å². The van der Waals surface area contributed by atoms with E-state index >= 15 is 0 Å². The Hall–Kier alpha value is -0.800. The molecule has 0 aromatic carbocycles. The van der Waals surface area contributed by atoms with E-state index in [4.69, 9.17) is 14.1 Å². The molecule has 2 N–H and O–H groups in total. The molecule has 1 unspecified atom stereocenters. The zero-order valence-electron chi connectivity index (χ0n) is 16.5. The van der Waals surface area contributed by atoms with E-state index in [0.29, 0.717) is 6.54 Å². The fourth-order valence-electron chi connectivity index (χ4n) is 3.35. The molecule has 7 heteroatoms. The Balaban J connectivity index is 0.00000261. The Morgan fingerprint density at radius 1 is 1.33 bits per heavy atom. The van der Waals surface area contributed by atoms with Gasteiger partial charge in [-0.1, -0.05) is 0 Å². The lowest BCUT2D eigenvalue weighted by molar-refractivity contribution is 0.123. The molecule has 0 radical (unpaired) electrons. The van der Waals surface area contributed by atoms with Gasteiger partial charge in [0.2, 0.25) is 0 Å². The second-order valence-electron chi connectivity index (χ2n) is 7.29. The molecule has 0 spiro atoms. The highest BCUT2D eigenvalue weighted by atomic mass is 127. The fourth-order valence-corrected chi connectivity index (χ4v) is 3.35. The van der Waals surface area contributed by atoms with Gasteiger partial charge >= 0.3 is 0 Å². The Kier molecular flexibility index (Phi) is 10.5. The number of hydrogen-bond acceptors (Lipinski definition) is 4. The number of furan rings is 1. The van der Waals surface area contributed by atoms with Gasteiger partial charge in [0, 0.05) is 26.3 Å². The highest BCUT2D eigenvalue weighted by Crippen LogP contribution is 2.28. The van der Waals surface area contributed by atoms with Crippen LogP contribution in [0.25, 0.3) is 0 Å². The Labute approximate surface area is 180 Å². The van der Waals surface area contributed by atoms with Crippen LogP contribution in [0.1, 0.15) is 50.8 Å². The van der Waals surface area contributed by atoms with E-state index in [1.807, 2.05) is 6.07 Å². The summed E-state index contributed by atoms with van der Waals surface area (Å²) in [7, 11) is 0. The van der Waals surface area contributed by atoms with Crippen molar-refractivity contribution in [1.29, 1.82) is 0 Å². The van der Waals surface area contributed by atoms with Crippen molar-refractivity contribution in [1.82, 2.24) is 15.5 Å². The first-order chi connectivity index (χ1) is 12.9. The van der Waals surface area contributed by atoms with E-state index in [2.05, 4.69) is 28.5 Å². The number of rotatable bonds is 11. The maximum atomic E-state index is 5.69. The number of nitrogens with one attached hydrogen (secondary N) is 2. The van der Waals surface area contributed by atoms with E-state index in [1.54, 1.807) is 6.26 Å². The van der Waals surface area contributed by atoms with Crippen molar-refractivity contribution in [2.24, 2.45) is 10.9 Å². The Bertz CT molecular complexity index is 528. The molecule has 1 aliphatic carbocycles. The number of halogens is 1. The minimum absolute atomic E-state index is 0. The first-order valence-corrected chi connectivity index (χ1v) is 10.2. The van der Waals surface area contributed by atoms with Crippen LogP contribution >= 0.6 is 24.0 Å². The lowest BCUT2D eigenvalue weighted by atomic mass is 10.2. The second kappa shape index (κ2) is 12.6. The fraction of sp³-hybridized carbons (Fsp3) is 0.750. The van der Waals surface area contributed by atoms with Gasteiger partial charge in [0.05, 0.1) is 18.8 Å². The number of hydrogen-bond donors (Lipinski definition) is 2. The molecular formula is C20H35IN4O2. The van der Waals surface area contributed by atoms with Crippen molar-refractivity contribution < 1.29 is 9.15 Å². The van der Waals surface area contributed by atoms with Gasteiger partial charge in [0.25, 0.3) is 0 Å². The first-order valence-electron chi connectivity index (χ1n) is 10.2. The topological polar surface area (TPSA) is 62.0 Å². The minimum atomic E-state index is 0. The zero-order chi connectivity index (χ0) is 18.0. The van der Waals surface area contributed by atoms with Crippen LogP contribution in [0.15, 0.2) is 27.8 Å². The number of ether oxygens (including phenoxy) is 1. The summed E-state index contributed by atoms with van der Waals surface area (Å²) in [5, 5.41) is 6.77. The van der Waals surface area contributed by atoms with E-state index in [-0.39, 0.29) is 30.0 Å². The molecule has 3 rings (SSSR count). The number of likely N-dealkylation sites (tertiary alicyclic amines) is 1. The molecule has 2 heterocycles. The zero-order valence-corrected chi connectivity index (χ0v) is 18.8. The molecule has 6 nitrogen and oxygen atoms in total. The average molecular weight is 490 g/mol. The van der Waals surface area contributed by atoms with Gasteiger partial charge in [-0.2, -0.15) is 0 Å². The molecule has 1 saturated heterocycles. The summed E-state index contributed by atoms with van der Waals surface area (Å²) in [6, 6.07) is 4.26. The van der Waals surface area contributed by atoms with E-state index in [9.17, 15) is 0 Å². The first kappa shape index (κ1) is 22.5. The lowest BCUT2D eigenvalue weighted by Gasteiger charge is -2.24. The number of guanidine groups is 1. The van der Waals surface area contributed by atoms with Crippen LogP contribution in [0, 0.1) is 5.92 Å². The van der Waals surface area contributed by atoms with E-state index < -0.39 is 0 Å². The summed E-state index contributed by atoms with van der Waals surface area (Å²) in [4.78, 5) is 7.31. The molecular weight excluding hydrogens is 455 g/mol. The maximum absolute atomic E-state index is 5.69. The maximum Gasteiger partial charge on any atom is 0.191 e. The van der Waals surface area contributed by atoms with Crippen molar-refractivity contribution >= 4 is 29.9 Å². The molecule has 1 aromatic rings. The average Bonchev–Trinajstić information content (AvgIpc) is 3.11. The quantitative estimate of drug-likeness (QED) is 0.216. The van der Waals surface area contributed by atoms with Gasteiger partial charge in [-0.15, -0.1) is 24.0 Å². The molecule has 154 valence electrons. The van der Waals surface area contributed by atoms with Gasteiger partial charge in [-0.05, 0) is 70.2 Å². The van der Waals surface area contributed by atoms with Crippen LogP contribution in [0.4, 0.5) is 0 Å². The summed E-state index contributed by atoms with van der Waals surface area (Å²) in [6.45, 7) is 8.57. The summed E-state index contributed by atoms with van der Waals surface area (Å²) >= 11 is 0. The van der Waals surface area contributed by atoms with Crippen LogP contribution in [-0.4, -0.2) is 56.8 Å². The molecule has 1 atom stereocenters. The van der Waals surface area contributed by atoms with Crippen LogP contribution in [-0.2, 0) is 4.74 Å². The molecule has 2 fully saturated rings. The molecule has 1 aliphatic heterocycles. The molecule has 27 heavy (non-hydrogen) atoms. The standard InChI is InChI=1S/C20H34N4O2.HI/c1-2-21-20(22-10-6-13-25-16-17-8-9-17)23-15-18(19-7-5-14-26-19)24-11-3-4-12-24;/h5,7,14,17-18H,2-4,6,8-13,15-16H2,1H3,(H2,21,22,23);1H. The SMILES string of the molecule is CCNC(=NCC(c1ccco1)N1CCCC1)NCCCOCC1CC1.I. The van der Waals surface area contributed by atoms with Crippen LogP contribution in [0.2, 0.25) is 0 Å². The van der Waals surface area contributed by atoms with Gasteiger partial charge in [-0.25, -0.2) is 0 Å².